The second kappa shape index (κ2) is 3.97. The third-order valence-corrected chi connectivity index (χ3v) is 2.10. The highest BCUT2D eigenvalue weighted by Gasteiger charge is 2.32. The number of carbonyl (C=O) groups is 1. The average Bonchev–Trinajstić information content (AvgIpc) is 2.26. The predicted octanol–water partition coefficient (Wildman–Crippen LogP) is 0.578. The zero-order chi connectivity index (χ0) is 8.27. The maximum atomic E-state index is 10.9. The highest BCUT2D eigenvalue weighted by atomic mass is 32.1. The summed E-state index contributed by atoms with van der Waals surface area (Å²) in [6.45, 7) is 0. The van der Waals surface area contributed by atoms with Gasteiger partial charge in [0.05, 0.1) is 5.92 Å². The second-order valence-corrected chi connectivity index (χ2v) is 3.14. The number of aliphatic hydroxyl groups excluding tert-OH is 1. The predicted molar refractivity (Wildman–Crippen MR) is 43.3 cm³/mol. The number of carbonyl (C=O) groups excluding carboxylic acids is 1. The van der Waals surface area contributed by atoms with Crippen molar-refractivity contribution in [2.75, 3.05) is 5.75 Å². The zero-order valence-electron chi connectivity index (χ0n) is 6.19. The molecular formula is C7H12O3S. The van der Waals surface area contributed by atoms with Crippen LogP contribution < -0.4 is 0 Å². The van der Waals surface area contributed by atoms with Crippen molar-refractivity contribution in [3.8, 4) is 0 Å². The fourth-order valence-corrected chi connectivity index (χ4v) is 1.37. The third-order valence-electron chi connectivity index (χ3n) is 1.78. The monoisotopic (exact) mass is 176 g/mol. The summed E-state index contributed by atoms with van der Waals surface area (Å²) in [5, 5.41) is 8.91. The van der Waals surface area contributed by atoms with Crippen LogP contribution in [0, 0.1) is 5.92 Å². The number of hydrogen-bond donors (Lipinski definition) is 2. The van der Waals surface area contributed by atoms with Crippen molar-refractivity contribution in [3.05, 3.63) is 0 Å². The summed E-state index contributed by atoms with van der Waals surface area (Å²) in [5.41, 5.74) is 0. The number of hydrogen-bond acceptors (Lipinski definition) is 4. The first kappa shape index (κ1) is 8.87. The molecule has 1 N–H and O–H groups in total. The summed E-state index contributed by atoms with van der Waals surface area (Å²) in [5.74, 6) is 0.413. The van der Waals surface area contributed by atoms with E-state index in [-0.39, 0.29) is 11.9 Å². The molecule has 2 unspecified atom stereocenters. The number of esters is 1. The lowest BCUT2D eigenvalue weighted by molar-refractivity contribution is -0.155. The zero-order valence-corrected chi connectivity index (χ0v) is 7.09. The Hall–Kier alpha value is -0.220. The van der Waals surface area contributed by atoms with Crippen LogP contribution in [0.15, 0.2) is 0 Å². The third kappa shape index (κ3) is 2.38. The quantitative estimate of drug-likeness (QED) is 0.488. The van der Waals surface area contributed by atoms with E-state index in [1.54, 1.807) is 0 Å². The van der Waals surface area contributed by atoms with Crippen molar-refractivity contribution in [1.82, 2.24) is 0 Å². The van der Waals surface area contributed by atoms with Crippen molar-refractivity contribution in [3.63, 3.8) is 0 Å². The van der Waals surface area contributed by atoms with Gasteiger partial charge in [-0.15, -0.1) is 0 Å². The van der Waals surface area contributed by atoms with Gasteiger partial charge < -0.3 is 9.84 Å². The van der Waals surface area contributed by atoms with Gasteiger partial charge in [0, 0.05) is 6.42 Å². The summed E-state index contributed by atoms with van der Waals surface area (Å²) in [6, 6.07) is 0. The Kier molecular flexibility index (Phi) is 3.20. The molecule has 0 radical (unpaired) electrons. The van der Waals surface area contributed by atoms with Gasteiger partial charge in [-0.3, -0.25) is 4.79 Å². The van der Waals surface area contributed by atoms with Crippen LogP contribution in [0.2, 0.25) is 0 Å². The maximum Gasteiger partial charge on any atom is 0.311 e. The number of thiol groups is 1. The topological polar surface area (TPSA) is 46.5 Å². The van der Waals surface area contributed by atoms with E-state index in [0.717, 1.165) is 18.6 Å². The molecule has 1 saturated heterocycles. The van der Waals surface area contributed by atoms with E-state index in [2.05, 4.69) is 17.4 Å². The molecule has 3 nitrogen and oxygen atoms in total. The number of ether oxygens (including phenoxy) is 1. The Labute approximate surface area is 71.1 Å². The van der Waals surface area contributed by atoms with E-state index < -0.39 is 6.29 Å². The molecular weight excluding hydrogens is 164 g/mol. The van der Waals surface area contributed by atoms with Gasteiger partial charge >= 0.3 is 5.97 Å². The lowest BCUT2D eigenvalue weighted by Gasteiger charge is -2.00. The highest BCUT2D eigenvalue weighted by molar-refractivity contribution is 7.80. The largest absolute Gasteiger partial charge is 0.436 e. The van der Waals surface area contributed by atoms with Crippen LogP contribution in [0.25, 0.3) is 0 Å². The van der Waals surface area contributed by atoms with Crippen LogP contribution >= 0.6 is 12.6 Å². The SMILES string of the molecule is O=C1OC(O)CC1CCCS. The summed E-state index contributed by atoms with van der Waals surface area (Å²) < 4.78 is 4.56. The van der Waals surface area contributed by atoms with Crippen LogP contribution in [0.3, 0.4) is 0 Å². The molecule has 0 aromatic rings. The van der Waals surface area contributed by atoms with E-state index >= 15 is 0 Å². The smallest absolute Gasteiger partial charge is 0.311 e. The first-order chi connectivity index (χ1) is 5.24. The van der Waals surface area contributed by atoms with Crippen LogP contribution in [-0.2, 0) is 9.53 Å². The first-order valence-electron chi connectivity index (χ1n) is 3.73. The lowest BCUT2D eigenvalue weighted by atomic mass is 10.0. The Bertz CT molecular complexity index is 149. The Morgan fingerprint density at radius 3 is 2.91 bits per heavy atom. The van der Waals surface area contributed by atoms with E-state index in [4.69, 9.17) is 5.11 Å². The molecule has 0 aliphatic carbocycles. The lowest BCUT2D eigenvalue weighted by Crippen LogP contribution is -2.07. The van der Waals surface area contributed by atoms with Crippen molar-refractivity contribution in [2.24, 2.45) is 5.92 Å². The minimum absolute atomic E-state index is 0.0999. The normalized spacial score (nSPS) is 30.5. The molecule has 1 rings (SSSR count). The molecule has 4 heteroatoms. The molecule has 0 spiro atoms. The summed E-state index contributed by atoms with van der Waals surface area (Å²) in [6.07, 6.45) is 1.26. The van der Waals surface area contributed by atoms with Crippen LogP contribution in [0.4, 0.5) is 0 Å². The van der Waals surface area contributed by atoms with E-state index in [0.29, 0.717) is 6.42 Å². The van der Waals surface area contributed by atoms with Gasteiger partial charge in [-0.05, 0) is 18.6 Å². The molecule has 1 aliphatic heterocycles. The summed E-state index contributed by atoms with van der Waals surface area (Å²) >= 11 is 4.03. The molecule has 2 atom stereocenters. The number of rotatable bonds is 3. The van der Waals surface area contributed by atoms with Crippen LogP contribution in [0.1, 0.15) is 19.3 Å². The van der Waals surface area contributed by atoms with Gasteiger partial charge in [-0.1, -0.05) is 0 Å². The molecule has 0 saturated carbocycles. The Morgan fingerprint density at radius 1 is 1.73 bits per heavy atom. The van der Waals surface area contributed by atoms with Gasteiger partial charge in [0.25, 0.3) is 0 Å². The Morgan fingerprint density at radius 2 is 2.45 bits per heavy atom. The fourth-order valence-electron chi connectivity index (χ4n) is 1.19. The molecule has 0 amide bonds. The second-order valence-electron chi connectivity index (χ2n) is 2.69. The standard InChI is InChI=1S/C7H12O3S/c8-6-4-5(2-1-3-11)7(9)10-6/h5-6,8,11H,1-4H2. The van der Waals surface area contributed by atoms with Gasteiger partial charge in [0.2, 0.25) is 6.29 Å². The minimum atomic E-state index is -0.868. The van der Waals surface area contributed by atoms with E-state index in [1.165, 1.54) is 0 Å². The van der Waals surface area contributed by atoms with E-state index in [9.17, 15) is 4.79 Å². The van der Waals surface area contributed by atoms with Gasteiger partial charge in [-0.2, -0.15) is 12.6 Å². The van der Waals surface area contributed by atoms with Crippen molar-refractivity contribution < 1.29 is 14.6 Å². The van der Waals surface area contributed by atoms with Crippen LogP contribution in [0.5, 0.6) is 0 Å². The van der Waals surface area contributed by atoms with Gasteiger partial charge in [0.15, 0.2) is 0 Å². The highest BCUT2D eigenvalue weighted by Crippen LogP contribution is 2.23. The molecule has 11 heavy (non-hydrogen) atoms. The molecule has 1 aliphatic rings. The van der Waals surface area contributed by atoms with Gasteiger partial charge in [-0.25, -0.2) is 0 Å². The summed E-state index contributed by atoms with van der Waals surface area (Å²) in [7, 11) is 0. The average molecular weight is 176 g/mol. The molecule has 0 bridgehead atoms. The Balaban J connectivity index is 2.29. The van der Waals surface area contributed by atoms with Gasteiger partial charge in [0.1, 0.15) is 0 Å². The van der Waals surface area contributed by atoms with Crippen molar-refractivity contribution >= 4 is 18.6 Å². The molecule has 0 aromatic heterocycles. The van der Waals surface area contributed by atoms with Crippen LogP contribution in [-0.4, -0.2) is 23.1 Å². The van der Waals surface area contributed by atoms with Crippen molar-refractivity contribution in [1.29, 1.82) is 0 Å². The summed E-state index contributed by atoms with van der Waals surface area (Å²) in [4.78, 5) is 10.9. The number of aliphatic hydroxyl groups is 1. The molecule has 64 valence electrons. The molecule has 1 fully saturated rings. The molecule has 0 aromatic carbocycles. The first-order valence-corrected chi connectivity index (χ1v) is 4.36. The molecule has 1 heterocycles. The minimum Gasteiger partial charge on any atom is -0.436 e. The fraction of sp³-hybridized carbons (Fsp3) is 0.857. The maximum absolute atomic E-state index is 10.9. The number of cyclic esters (lactones) is 1. The van der Waals surface area contributed by atoms with E-state index in [1.807, 2.05) is 0 Å². The van der Waals surface area contributed by atoms with Crippen molar-refractivity contribution in [2.45, 2.75) is 25.6 Å².